The Kier molecular flexibility index (Phi) is 2.58. The molecule has 0 aliphatic carbocycles. The topological polar surface area (TPSA) is 47.6 Å². The second-order valence-electron chi connectivity index (χ2n) is 3.07. The minimum Gasteiger partial charge on any atom is -0.497 e. The summed E-state index contributed by atoms with van der Waals surface area (Å²) in [6, 6.07) is 7.35. The molecule has 0 aromatic heterocycles. The van der Waals surface area contributed by atoms with Crippen molar-refractivity contribution in [3.8, 4) is 5.75 Å². The molecule has 0 unspecified atom stereocenters. The molecule has 4 nitrogen and oxygen atoms in total. The van der Waals surface area contributed by atoms with Crippen molar-refractivity contribution in [2.75, 3.05) is 13.7 Å². The lowest BCUT2D eigenvalue weighted by molar-refractivity contribution is 0.190. The third kappa shape index (κ3) is 2.10. The van der Waals surface area contributed by atoms with E-state index in [4.69, 9.17) is 9.47 Å². The molecule has 1 aromatic carbocycles. The number of hydrogen-bond donors (Lipinski definition) is 1. The zero-order valence-corrected chi connectivity index (χ0v) is 8.32. The van der Waals surface area contributed by atoms with Gasteiger partial charge in [0.05, 0.1) is 7.11 Å². The van der Waals surface area contributed by atoms with Crippen LogP contribution in [0.5, 0.6) is 5.75 Å². The zero-order valence-electron chi connectivity index (χ0n) is 8.32. The van der Waals surface area contributed by atoms with E-state index in [1.165, 1.54) is 0 Å². The molecule has 0 saturated heterocycles. The highest BCUT2D eigenvalue weighted by molar-refractivity contribution is 5.79. The van der Waals surface area contributed by atoms with Crippen LogP contribution in [-0.4, -0.2) is 19.7 Å². The molecule has 78 valence electrons. The summed E-state index contributed by atoms with van der Waals surface area (Å²) >= 11 is 0. The summed E-state index contributed by atoms with van der Waals surface area (Å²) < 4.78 is 10.1. The first-order valence-corrected chi connectivity index (χ1v) is 4.60. The monoisotopic (exact) mass is 205 g/mol. The number of methoxy groups -OCH3 is 1. The van der Waals surface area contributed by atoms with Crippen LogP contribution in [-0.2, 0) is 4.74 Å². The number of carbonyl (C=O) groups excluding carboxylic acids is 1. The minimum absolute atomic E-state index is 0.414. The van der Waals surface area contributed by atoms with Crippen molar-refractivity contribution < 1.29 is 14.3 Å². The highest BCUT2D eigenvalue weighted by atomic mass is 16.6. The van der Waals surface area contributed by atoms with Gasteiger partial charge in [-0.1, -0.05) is 0 Å². The van der Waals surface area contributed by atoms with Crippen molar-refractivity contribution in [1.29, 1.82) is 0 Å². The van der Waals surface area contributed by atoms with E-state index in [2.05, 4.69) is 5.32 Å². The van der Waals surface area contributed by atoms with Gasteiger partial charge in [0, 0.05) is 12.1 Å². The second-order valence-corrected chi connectivity index (χ2v) is 3.07. The van der Waals surface area contributed by atoms with Crippen LogP contribution in [0.25, 0.3) is 5.76 Å². The number of amides is 1. The van der Waals surface area contributed by atoms with Gasteiger partial charge in [-0.15, -0.1) is 0 Å². The van der Waals surface area contributed by atoms with Gasteiger partial charge in [0.15, 0.2) is 0 Å². The minimum atomic E-state index is -0.414. The van der Waals surface area contributed by atoms with Crippen LogP contribution >= 0.6 is 0 Å². The first-order chi connectivity index (χ1) is 7.29. The van der Waals surface area contributed by atoms with E-state index in [1.54, 1.807) is 7.11 Å². The predicted molar refractivity (Wildman–Crippen MR) is 55.5 cm³/mol. The van der Waals surface area contributed by atoms with Crippen LogP contribution in [0.2, 0.25) is 0 Å². The number of alkyl carbamates (subject to hydrolysis) is 1. The van der Waals surface area contributed by atoms with Gasteiger partial charge in [0.2, 0.25) is 0 Å². The molecule has 0 fully saturated rings. The Bertz CT molecular complexity index is 395. The Hall–Kier alpha value is -1.97. The molecule has 1 heterocycles. The number of rotatable bonds is 2. The molecule has 0 bridgehead atoms. The maximum absolute atomic E-state index is 11.0. The third-order valence-corrected chi connectivity index (χ3v) is 2.11. The van der Waals surface area contributed by atoms with Crippen LogP contribution in [0.15, 0.2) is 30.3 Å². The Morgan fingerprint density at radius 2 is 2.07 bits per heavy atom. The number of nitrogens with one attached hydrogen (secondary N) is 1. The van der Waals surface area contributed by atoms with Crippen molar-refractivity contribution in [3.63, 3.8) is 0 Å². The van der Waals surface area contributed by atoms with Crippen molar-refractivity contribution in [1.82, 2.24) is 5.32 Å². The number of benzene rings is 1. The molecule has 0 atom stereocenters. The van der Waals surface area contributed by atoms with E-state index in [-0.39, 0.29) is 0 Å². The van der Waals surface area contributed by atoms with Crippen molar-refractivity contribution in [2.24, 2.45) is 0 Å². The summed E-state index contributed by atoms with van der Waals surface area (Å²) in [5.74, 6) is 1.36. The molecule has 1 aliphatic heterocycles. The molecular formula is C11H11NO3. The zero-order chi connectivity index (χ0) is 10.7. The first kappa shape index (κ1) is 9.58. The van der Waals surface area contributed by atoms with Gasteiger partial charge in [0.25, 0.3) is 0 Å². The van der Waals surface area contributed by atoms with Gasteiger partial charge >= 0.3 is 6.09 Å². The quantitative estimate of drug-likeness (QED) is 0.800. The van der Waals surface area contributed by atoms with Gasteiger partial charge in [-0.25, -0.2) is 4.79 Å². The molecule has 1 aliphatic rings. The van der Waals surface area contributed by atoms with Crippen LogP contribution in [0.3, 0.4) is 0 Å². The standard InChI is InChI=1S/C11H11NO3/c1-14-9-4-2-8(3-5-9)10-6-7-12-11(13)15-10/h2-6H,7H2,1H3,(H,12,13). The summed E-state index contributed by atoms with van der Waals surface area (Å²) in [4.78, 5) is 11.0. The maximum Gasteiger partial charge on any atom is 0.412 e. The molecule has 1 aromatic rings. The summed E-state index contributed by atoms with van der Waals surface area (Å²) in [7, 11) is 1.61. The number of hydrogen-bond acceptors (Lipinski definition) is 3. The molecule has 1 N–H and O–H groups in total. The third-order valence-electron chi connectivity index (χ3n) is 2.11. The largest absolute Gasteiger partial charge is 0.497 e. The molecule has 4 heteroatoms. The fourth-order valence-electron chi connectivity index (χ4n) is 1.34. The molecule has 0 spiro atoms. The molecule has 1 amide bonds. The van der Waals surface area contributed by atoms with E-state index >= 15 is 0 Å². The van der Waals surface area contributed by atoms with Crippen LogP contribution < -0.4 is 10.1 Å². The summed E-state index contributed by atoms with van der Waals surface area (Å²) in [5.41, 5.74) is 0.866. The van der Waals surface area contributed by atoms with E-state index < -0.39 is 6.09 Å². The average Bonchev–Trinajstić information content (AvgIpc) is 2.29. The van der Waals surface area contributed by atoms with Gasteiger partial charge in [-0.3, -0.25) is 0 Å². The first-order valence-electron chi connectivity index (χ1n) is 4.60. The Morgan fingerprint density at radius 1 is 1.33 bits per heavy atom. The van der Waals surface area contributed by atoms with Crippen molar-refractivity contribution >= 4 is 11.9 Å². The number of ether oxygens (including phenoxy) is 2. The molecule has 2 rings (SSSR count). The van der Waals surface area contributed by atoms with Gasteiger partial charge in [0.1, 0.15) is 11.5 Å². The van der Waals surface area contributed by atoms with Crippen molar-refractivity contribution in [3.05, 3.63) is 35.9 Å². The fourth-order valence-corrected chi connectivity index (χ4v) is 1.34. The lowest BCUT2D eigenvalue weighted by Gasteiger charge is -2.14. The Labute approximate surface area is 87.5 Å². The highest BCUT2D eigenvalue weighted by Crippen LogP contribution is 2.20. The SMILES string of the molecule is COc1ccc(C2=CCNC(=O)O2)cc1. The van der Waals surface area contributed by atoms with E-state index in [0.29, 0.717) is 12.3 Å². The van der Waals surface area contributed by atoms with Gasteiger partial charge in [-0.2, -0.15) is 0 Å². The van der Waals surface area contributed by atoms with Crippen molar-refractivity contribution in [2.45, 2.75) is 0 Å². The normalized spacial score (nSPS) is 15.0. The smallest absolute Gasteiger partial charge is 0.412 e. The summed E-state index contributed by atoms with van der Waals surface area (Å²) in [5, 5.41) is 2.54. The molecule has 15 heavy (non-hydrogen) atoms. The van der Waals surface area contributed by atoms with Crippen LogP contribution in [0.4, 0.5) is 4.79 Å². The van der Waals surface area contributed by atoms with Crippen LogP contribution in [0, 0.1) is 0 Å². The number of carbonyl (C=O) groups is 1. The molecule has 0 radical (unpaired) electrons. The Balaban J connectivity index is 2.22. The van der Waals surface area contributed by atoms with Gasteiger partial charge in [-0.05, 0) is 30.3 Å². The van der Waals surface area contributed by atoms with Gasteiger partial charge < -0.3 is 14.8 Å². The summed E-state index contributed by atoms with van der Waals surface area (Å²) in [6.45, 7) is 0.500. The predicted octanol–water partition coefficient (Wildman–Crippen LogP) is 1.78. The Morgan fingerprint density at radius 3 is 2.67 bits per heavy atom. The van der Waals surface area contributed by atoms with E-state index in [1.807, 2.05) is 30.3 Å². The highest BCUT2D eigenvalue weighted by Gasteiger charge is 2.12. The number of cyclic esters (lactones) is 1. The van der Waals surface area contributed by atoms with E-state index in [9.17, 15) is 4.79 Å². The lowest BCUT2D eigenvalue weighted by Crippen LogP contribution is -2.27. The molecular weight excluding hydrogens is 194 g/mol. The second kappa shape index (κ2) is 4.04. The fraction of sp³-hybridized carbons (Fsp3) is 0.182. The average molecular weight is 205 g/mol. The van der Waals surface area contributed by atoms with Crippen LogP contribution in [0.1, 0.15) is 5.56 Å². The summed E-state index contributed by atoms with van der Waals surface area (Å²) in [6.07, 6.45) is 1.41. The molecule has 0 saturated carbocycles. The maximum atomic E-state index is 11.0. The van der Waals surface area contributed by atoms with E-state index in [0.717, 1.165) is 11.3 Å². The lowest BCUT2D eigenvalue weighted by atomic mass is 10.1.